The van der Waals surface area contributed by atoms with Crippen molar-refractivity contribution in [1.82, 2.24) is 16.0 Å². The second-order valence-electron chi connectivity index (χ2n) is 11.1. The van der Waals surface area contributed by atoms with Gasteiger partial charge in [0.1, 0.15) is 17.7 Å². The number of rotatable bonds is 11. The van der Waals surface area contributed by atoms with E-state index in [0.29, 0.717) is 32.2 Å². The van der Waals surface area contributed by atoms with E-state index in [1.54, 1.807) is 20.8 Å². The molecule has 1 aliphatic carbocycles. The maximum Gasteiger partial charge on any atom is 0.408 e. The molecular weight excluding hydrogens is 474 g/mol. The first-order chi connectivity index (χ1) is 17.4. The normalized spacial score (nSPS) is 20.1. The van der Waals surface area contributed by atoms with E-state index in [9.17, 15) is 24.3 Å². The predicted molar refractivity (Wildman–Crippen MR) is 141 cm³/mol. The van der Waals surface area contributed by atoms with Crippen LogP contribution in [0, 0.1) is 17.8 Å². The Balaban J connectivity index is 1.89. The molecule has 2 rings (SSSR count). The largest absolute Gasteiger partial charge is 0.480 e. The number of benzene rings is 1. The first kappa shape index (κ1) is 30.1. The van der Waals surface area contributed by atoms with Crippen LogP contribution in [-0.4, -0.2) is 53.2 Å². The highest BCUT2D eigenvalue weighted by Gasteiger charge is 2.32. The number of nitrogens with one attached hydrogen (secondary N) is 3. The van der Waals surface area contributed by atoms with Gasteiger partial charge in [0.05, 0.1) is 0 Å². The minimum Gasteiger partial charge on any atom is -0.480 e. The van der Waals surface area contributed by atoms with Crippen molar-refractivity contribution in [1.29, 1.82) is 0 Å². The first-order valence-electron chi connectivity index (χ1n) is 13.2. The average molecular weight is 518 g/mol. The molecular formula is C28H43N3O6. The summed E-state index contributed by atoms with van der Waals surface area (Å²) in [6.45, 7) is 9.46. The van der Waals surface area contributed by atoms with Gasteiger partial charge in [-0.1, -0.05) is 50.6 Å². The zero-order valence-corrected chi connectivity index (χ0v) is 22.7. The number of ether oxygens (including phenoxy) is 1. The van der Waals surface area contributed by atoms with Gasteiger partial charge in [-0.05, 0) is 63.9 Å². The average Bonchev–Trinajstić information content (AvgIpc) is 2.84. The van der Waals surface area contributed by atoms with E-state index in [-0.39, 0.29) is 29.6 Å². The number of alkyl carbamates (subject to hydrolysis) is 1. The number of carboxylic acids is 1. The molecule has 0 heterocycles. The third kappa shape index (κ3) is 10.4. The van der Waals surface area contributed by atoms with E-state index in [0.717, 1.165) is 18.4 Å². The first-order valence-corrected chi connectivity index (χ1v) is 13.2. The van der Waals surface area contributed by atoms with Crippen molar-refractivity contribution in [3.05, 3.63) is 35.9 Å². The van der Waals surface area contributed by atoms with Gasteiger partial charge in [-0.25, -0.2) is 9.59 Å². The molecule has 4 N–H and O–H groups in total. The van der Waals surface area contributed by atoms with Gasteiger partial charge in [0.2, 0.25) is 11.8 Å². The van der Waals surface area contributed by atoms with Crippen LogP contribution in [0.25, 0.3) is 0 Å². The zero-order chi connectivity index (χ0) is 27.6. The summed E-state index contributed by atoms with van der Waals surface area (Å²) in [7, 11) is 0. The SMILES string of the molecule is CC[C@H](C)[C@H](NC(=O)C1CCC(CNC(=O)[C@H](Cc2ccccc2)NC(=O)OC(C)(C)C)CC1)C(=O)O. The zero-order valence-electron chi connectivity index (χ0n) is 22.7. The highest BCUT2D eigenvalue weighted by atomic mass is 16.6. The number of hydrogen-bond acceptors (Lipinski definition) is 5. The minimum atomic E-state index is -1.01. The van der Waals surface area contributed by atoms with E-state index in [2.05, 4.69) is 16.0 Å². The molecule has 206 valence electrons. The second kappa shape index (κ2) is 14.0. The van der Waals surface area contributed by atoms with Crippen molar-refractivity contribution >= 4 is 23.9 Å². The lowest BCUT2D eigenvalue weighted by Crippen LogP contribution is -2.50. The molecule has 0 bridgehead atoms. The molecule has 0 spiro atoms. The highest BCUT2D eigenvalue weighted by Crippen LogP contribution is 2.29. The number of carbonyl (C=O) groups excluding carboxylic acids is 3. The molecule has 0 saturated heterocycles. The summed E-state index contributed by atoms with van der Waals surface area (Å²) in [6, 6.07) is 7.80. The van der Waals surface area contributed by atoms with Crippen LogP contribution in [0.5, 0.6) is 0 Å². The monoisotopic (exact) mass is 517 g/mol. The molecule has 9 nitrogen and oxygen atoms in total. The van der Waals surface area contributed by atoms with Gasteiger partial charge in [0.25, 0.3) is 0 Å². The lowest BCUT2D eigenvalue weighted by atomic mass is 9.81. The van der Waals surface area contributed by atoms with Gasteiger partial charge < -0.3 is 25.8 Å². The van der Waals surface area contributed by atoms with Gasteiger partial charge in [-0.3, -0.25) is 9.59 Å². The molecule has 1 saturated carbocycles. The Morgan fingerprint density at radius 1 is 1.03 bits per heavy atom. The highest BCUT2D eigenvalue weighted by molar-refractivity contribution is 5.86. The van der Waals surface area contributed by atoms with Gasteiger partial charge in [0, 0.05) is 18.9 Å². The molecule has 37 heavy (non-hydrogen) atoms. The Labute approximate surface area is 220 Å². The molecule has 0 aromatic heterocycles. The summed E-state index contributed by atoms with van der Waals surface area (Å²) in [5, 5.41) is 17.8. The summed E-state index contributed by atoms with van der Waals surface area (Å²) < 4.78 is 5.34. The smallest absolute Gasteiger partial charge is 0.408 e. The Morgan fingerprint density at radius 2 is 1.65 bits per heavy atom. The van der Waals surface area contributed by atoms with Crippen LogP contribution in [0.2, 0.25) is 0 Å². The topological polar surface area (TPSA) is 134 Å². The lowest BCUT2D eigenvalue weighted by Gasteiger charge is -2.30. The molecule has 1 aliphatic rings. The summed E-state index contributed by atoms with van der Waals surface area (Å²) in [5.74, 6) is -1.67. The van der Waals surface area contributed by atoms with Crippen molar-refractivity contribution < 1.29 is 29.0 Å². The summed E-state index contributed by atoms with van der Waals surface area (Å²) in [6.07, 6.45) is 3.14. The molecule has 0 radical (unpaired) electrons. The van der Waals surface area contributed by atoms with Crippen LogP contribution in [-0.2, 0) is 25.5 Å². The van der Waals surface area contributed by atoms with E-state index >= 15 is 0 Å². The Hall–Kier alpha value is -3.10. The number of carbonyl (C=O) groups is 4. The van der Waals surface area contributed by atoms with Crippen LogP contribution in [0.3, 0.4) is 0 Å². The lowest BCUT2D eigenvalue weighted by molar-refractivity contribution is -0.144. The van der Waals surface area contributed by atoms with E-state index in [4.69, 9.17) is 4.74 Å². The van der Waals surface area contributed by atoms with Gasteiger partial charge in [-0.15, -0.1) is 0 Å². The van der Waals surface area contributed by atoms with Crippen LogP contribution >= 0.6 is 0 Å². The summed E-state index contributed by atoms with van der Waals surface area (Å²) in [4.78, 5) is 49.6. The van der Waals surface area contributed by atoms with Gasteiger partial charge in [-0.2, -0.15) is 0 Å². The Morgan fingerprint density at radius 3 is 2.19 bits per heavy atom. The van der Waals surface area contributed by atoms with Crippen molar-refractivity contribution in [2.24, 2.45) is 17.8 Å². The molecule has 1 aromatic rings. The van der Waals surface area contributed by atoms with Crippen molar-refractivity contribution in [2.75, 3.05) is 6.54 Å². The van der Waals surface area contributed by atoms with Crippen molar-refractivity contribution in [2.45, 2.75) is 90.8 Å². The van der Waals surface area contributed by atoms with E-state index < -0.39 is 29.7 Å². The fourth-order valence-corrected chi connectivity index (χ4v) is 4.46. The quantitative estimate of drug-likeness (QED) is 0.354. The third-order valence-electron chi connectivity index (χ3n) is 6.85. The van der Waals surface area contributed by atoms with Crippen LogP contribution in [0.1, 0.15) is 72.3 Å². The summed E-state index contributed by atoms with van der Waals surface area (Å²) in [5.41, 5.74) is 0.240. The Kier molecular flexibility index (Phi) is 11.4. The third-order valence-corrected chi connectivity index (χ3v) is 6.85. The van der Waals surface area contributed by atoms with Crippen LogP contribution in [0.4, 0.5) is 4.79 Å². The molecule has 3 atom stereocenters. The number of carboxylic acid groups (broad SMARTS) is 1. The van der Waals surface area contributed by atoms with Crippen LogP contribution < -0.4 is 16.0 Å². The standard InChI is InChI=1S/C28H43N3O6/c1-6-18(2)23(26(34)35)31-24(32)21-14-12-20(13-15-21)17-29-25(33)22(16-19-10-8-7-9-11-19)30-27(36)37-28(3,4)5/h7-11,18,20-23H,6,12-17H2,1-5H3,(H,29,33)(H,30,36)(H,31,32)(H,34,35)/t18-,20?,21?,22-,23-/m0/s1. The maximum absolute atomic E-state index is 13.0. The van der Waals surface area contributed by atoms with Crippen molar-refractivity contribution in [3.63, 3.8) is 0 Å². The molecule has 0 aliphatic heterocycles. The number of amides is 3. The molecule has 1 fully saturated rings. The van der Waals surface area contributed by atoms with Crippen molar-refractivity contribution in [3.8, 4) is 0 Å². The van der Waals surface area contributed by atoms with E-state index in [1.165, 1.54) is 0 Å². The maximum atomic E-state index is 13.0. The Bertz CT molecular complexity index is 906. The molecule has 3 amide bonds. The molecule has 0 unspecified atom stereocenters. The molecule has 9 heteroatoms. The van der Waals surface area contributed by atoms with Gasteiger partial charge in [0.15, 0.2) is 0 Å². The predicted octanol–water partition coefficient (Wildman–Crippen LogP) is 3.66. The summed E-state index contributed by atoms with van der Waals surface area (Å²) >= 11 is 0. The van der Waals surface area contributed by atoms with E-state index in [1.807, 2.05) is 44.2 Å². The number of aliphatic carboxylic acids is 1. The fourth-order valence-electron chi connectivity index (χ4n) is 4.46. The van der Waals surface area contributed by atoms with Crippen LogP contribution in [0.15, 0.2) is 30.3 Å². The molecule has 1 aromatic carbocycles. The number of hydrogen-bond donors (Lipinski definition) is 4. The fraction of sp³-hybridized carbons (Fsp3) is 0.643. The second-order valence-corrected chi connectivity index (χ2v) is 11.1. The minimum absolute atomic E-state index is 0.147. The van der Waals surface area contributed by atoms with Gasteiger partial charge >= 0.3 is 12.1 Å².